The molecule has 0 saturated carbocycles. The largest absolute Gasteiger partial charge is 0.482 e. The molecule has 1 unspecified atom stereocenters. The summed E-state index contributed by atoms with van der Waals surface area (Å²) in [5.41, 5.74) is 0.471. The molecule has 0 spiro atoms. The van der Waals surface area contributed by atoms with E-state index in [1.165, 1.54) is 23.1 Å². The van der Waals surface area contributed by atoms with Gasteiger partial charge in [-0.15, -0.1) is 12.4 Å². The molecule has 0 aromatic heterocycles. The lowest BCUT2D eigenvalue weighted by Crippen LogP contribution is -2.57. The van der Waals surface area contributed by atoms with Crippen molar-refractivity contribution in [1.29, 1.82) is 0 Å². The Hall–Kier alpha value is -2.04. The van der Waals surface area contributed by atoms with Gasteiger partial charge in [-0.1, -0.05) is 0 Å². The van der Waals surface area contributed by atoms with Crippen LogP contribution in [0, 0.1) is 0 Å². The monoisotopic (exact) mass is 408 g/mol. The smallest absolute Gasteiger partial charge is 0.405 e. The van der Waals surface area contributed by atoms with E-state index in [0.29, 0.717) is 24.5 Å². The van der Waals surface area contributed by atoms with Gasteiger partial charge in [0.2, 0.25) is 0 Å². The molecular weight excluding hydrogens is 389 g/mol. The van der Waals surface area contributed by atoms with Crippen molar-refractivity contribution in [2.45, 2.75) is 12.2 Å². The Morgan fingerprint density at radius 2 is 2.00 bits per heavy atom. The van der Waals surface area contributed by atoms with E-state index < -0.39 is 24.7 Å². The Morgan fingerprint density at radius 1 is 1.30 bits per heavy atom. The third-order valence-electron chi connectivity index (χ3n) is 4.30. The van der Waals surface area contributed by atoms with E-state index in [-0.39, 0.29) is 43.6 Å². The summed E-state index contributed by atoms with van der Waals surface area (Å²) < 4.78 is 45.2. The van der Waals surface area contributed by atoms with Gasteiger partial charge in [0.25, 0.3) is 11.8 Å². The molecule has 150 valence electrons. The molecule has 0 bridgehead atoms. The first-order valence-corrected chi connectivity index (χ1v) is 8.21. The van der Waals surface area contributed by atoms with E-state index in [0.717, 1.165) is 0 Å². The number of carbonyl (C=O) groups is 2. The molecule has 1 aromatic rings. The van der Waals surface area contributed by atoms with Gasteiger partial charge < -0.3 is 20.7 Å². The highest BCUT2D eigenvalue weighted by molar-refractivity contribution is 5.99. The predicted octanol–water partition coefficient (Wildman–Crippen LogP) is 1.01. The number of carbonyl (C=O) groups excluding carboxylic acids is 2. The number of benzene rings is 1. The van der Waals surface area contributed by atoms with Crippen LogP contribution in [0.15, 0.2) is 18.2 Å². The molecule has 0 radical (unpaired) electrons. The Kier molecular flexibility index (Phi) is 6.90. The number of hydrogen-bond donors (Lipinski definition) is 3. The lowest BCUT2D eigenvalue weighted by atomic mass is 10.1. The molecule has 2 heterocycles. The Labute approximate surface area is 160 Å². The zero-order valence-electron chi connectivity index (χ0n) is 14.3. The maximum atomic E-state index is 13.3. The minimum Gasteiger partial charge on any atom is -0.482 e. The summed E-state index contributed by atoms with van der Waals surface area (Å²) in [7, 11) is 0. The molecule has 1 fully saturated rings. The van der Waals surface area contributed by atoms with Crippen molar-refractivity contribution in [3.63, 3.8) is 0 Å². The number of amides is 2. The van der Waals surface area contributed by atoms with Crippen LogP contribution in [0.3, 0.4) is 0 Å². The summed E-state index contributed by atoms with van der Waals surface area (Å²) in [4.78, 5) is 24.9. The van der Waals surface area contributed by atoms with E-state index >= 15 is 0 Å². The van der Waals surface area contributed by atoms with Gasteiger partial charge in [-0.3, -0.25) is 14.5 Å². The van der Waals surface area contributed by atoms with Crippen molar-refractivity contribution in [1.82, 2.24) is 15.5 Å². The second-order valence-corrected chi connectivity index (χ2v) is 6.10. The summed E-state index contributed by atoms with van der Waals surface area (Å²) in [6, 6.07) is 2.59. The van der Waals surface area contributed by atoms with E-state index in [9.17, 15) is 22.8 Å². The molecule has 3 N–H and O–H groups in total. The van der Waals surface area contributed by atoms with Gasteiger partial charge in [0.05, 0.1) is 5.69 Å². The summed E-state index contributed by atoms with van der Waals surface area (Å²) in [6.07, 6.45) is -4.44. The van der Waals surface area contributed by atoms with Crippen molar-refractivity contribution in [2.75, 3.05) is 44.6 Å². The zero-order chi connectivity index (χ0) is 18.7. The summed E-state index contributed by atoms with van der Waals surface area (Å²) in [5.74, 6) is -0.585. The molecule has 2 aliphatic heterocycles. The fraction of sp³-hybridized carbons (Fsp3) is 0.500. The first-order valence-electron chi connectivity index (χ1n) is 8.21. The van der Waals surface area contributed by atoms with E-state index in [4.69, 9.17) is 4.74 Å². The minimum absolute atomic E-state index is 0. The molecular formula is C16H20ClF3N4O3. The highest BCUT2D eigenvalue weighted by Crippen LogP contribution is 2.29. The number of anilines is 1. The first-order chi connectivity index (χ1) is 12.3. The van der Waals surface area contributed by atoms with E-state index in [1.54, 1.807) is 0 Å². The fourth-order valence-corrected chi connectivity index (χ4v) is 2.96. The van der Waals surface area contributed by atoms with Gasteiger partial charge in [-0.2, -0.15) is 13.2 Å². The van der Waals surface area contributed by atoms with Crippen LogP contribution in [-0.2, 0) is 4.79 Å². The topological polar surface area (TPSA) is 82.7 Å². The van der Waals surface area contributed by atoms with Gasteiger partial charge >= 0.3 is 6.18 Å². The molecule has 2 amide bonds. The van der Waals surface area contributed by atoms with Crippen molar-refractivity contribution in [3.05, 3.63) is 23.8 Å². The molecule has 0 aliphatic carbocycles. The maximum absolute atomic E-state index is 13.3. The number of alkyl halides is 3. The van der Waals surface area contributed by atoms with Crippen LogP contribution >= 0.6 is 12.4 Å². The van der Waals surface area contributed by atoms with Crippen molar-refractivity contribution >= 4 is 29.9 Å². The van der Waals surface area contributed by atoms with Gasteiger partial charge in [-0.25, -0.2) is 0 Å². The average molecular weight is 409 g/mol. The highest BCUT2D eigenvalue weighted by Gasteiger charge is 2.43. The number of halogens is 4. The first kappa shape index (κ1) is 21.3. The van der Waals surface area contributed by atoms with Crippen LogP contribution in [0.2, 0.25) is 0 Å². The van der Waals surface area contributed by atoms with Crippen LogP contribution in [0.1, 0.15) is 10.4 Å². The third kappa shape index (κ3) is 5.24. The quantitative estimate of drug-likeness (QED) is 0.692. The summed E-state index contributed by atoms with van der Waals surface area (Å²) in [6.45, 7) is 0.833. The number of nitrogens with zero attached hydrogens (tertiary/aromatic N) is 1. The minimum atomic E-state index is -4.44. The van der Waals surface area contributed by atoms with Crippen LogP contribution in [-0.4, -0.2) is 68.3 Å². The van der Waals surface area contributed by atoms with Gasteiger partial charge in [-0.05, 0) is 18.2 Å². The van der Waals surface area contributed by atoms with Crippen LogP contribution in [0.5, 0.6) is 5.75 Å². The zero-order valence-corrected chi connectivity index (χ0v) is 15.1. The molecule has 2 aliphatic rings. The van der Waals surface area contributed by atoms with Crippen molar-refractivity contribution in [2.24, 2.45) is 0 Å². The number of fused-ring (bicyclic) bond motifs is 1. The lowest BCUT2D eigenvalue weighted by Gasteiger charge is -2.35. The van der Waals surface area contributed by atoms with E-state index in [2.05, 4.69) is 16.0 Å². The SMILES string of the molecule is Cl.O=C1COc2ccc(C(=O)NCC(N3CCNCC3)C(F)(F)F)cc2N1. The summed E-state index contributed by atoms with van der Waals surface area (Å²) >= 11 is 0. The molecule has 27 heavy (non-hydrogen) atoms. The van der Waals surface area contributed by atoms with Crippen LogP contribution in [0.4, 0.5) is 18.9 Å². The van der Waals surface area contributed by atoms with Gasteiger partial charge in [0, 0.05) is 38.3 Å². The molecule has 1 atom stereocenters. The number of ether oxygens (including phenoxy) is 1. The van der Waals surface area contributed by atoms with Crippen LogP contribution < -0.4 is 20.7 Å². The number of rotatable bonds is 4. The summed E-state index contributed by atoms with van der Waals surface area (Å²) in [5, 5.41) is 7.90. The Balaban J connectivity index is 0.00000261. The average Bonchev–Trinajstić information content (AvgIpc) is 2.61. The third-order valence-corrected chi connectivity index (χ3v) is 4.30. The normalized spacial score (nSPS) is 18.4. The standard InChI is InChI=1S/C16H19F3N4O3.ClH/c17-16(18,19)13(23-5-3-20-4-6-23)8-21-15(25)10-1-2-12-11(7-10)22-14(24)9-26-12;/h1-2,7,13,20H,3-6,8-9H2,(H,21,25)(H,22,24);1H. The van der Waals surface area contributed by atoms with E-state index in [1.807, 2.05) is 0 Å². The molecule has 11 heteroatoms. The van der Waals surface area contributed by atoms with Crippen LogP contribution in [0.25, 0.3) is 0 Å². The van der Waals surface area contributed by atoms with Gasteiger partial charge in [0.15, 0.2) is 6.61 Å². The van der Waals surface area contributed by atoms with Crippen molar-refractivity contribution in [3.8, 4) is 5.75 Å². The highest BCUT2D eigenvalue weighted by atomic mass is 35.5. The number of piperazine rings is 1. The Bertz CT molecular complexity index is 696. The molecule has 3 rings (SSSR count). The molecule has 7 nitrogen and oxygen atoms in total. The maximum Gasteiger partial charge on any atom is 0.405 e. The Morgan fingerprint density at radius 3 is 2.67 bits per heavy atom. The second kappa shape index (κ2) is 8.77. The second-order valence-electron chi connectivity index (χ2n) is 6.10. The number of hydrogen-bond acceptors (Lipinski definition) is 5. The fourth-order valence-electron chi connectivity index (χ4n) is 2.96. The number of nitrogens with one attached hydrogen (secondary N) is 3. The van der Waals surface area contributed by atoms with Gasteiger partial charge in [0.1, 0.15) is 11.8 Å². The molecule has 1 aromatic carbocycles. The molecule has 1 saturated heterocycles. The van der Waals surface area contributed by atoms with Crippen molar-refractivity contribution < 1.29 is 27.5 Å². The lowest BCUT2D eigenvalue weighted by molar-refractivity contribution is -0.183. The predicted molar refractivity (Wildman–Crippen MR) is 94.4 cm³/mol.